The number of benzene rings is 2. The summed E-state index contributed by atoms with van der Waals surface area (Å²) in [6.45, 7) is 3.91. The van der Waals surface area contributed by atoms with Crippen molar-refractivity contribution in [2.75, 3.05) is 19.7 Å². The van der Waals surface area contributed by atoms with Crippen LogP contribution >= 0.6 is 0 Å². The van der Waals surface area contributed by atoms with Crippen molar-refractivity contribution in [1.82, 2.24) is 24.4 Å². The summed E-state index contributed by atoms with van der Waals surface area (Å²) in [4.78, 5) is 27.7. The smallest absolute Gasteiger partial charge is 0.335 e. The van der Waals surface area contributed by atoms with E-state index >= 15 is 0 Å². The molecule has 4 heterocycles. The Morgan fingerprint density at radius 1 is 1.07 bits per heavy atom. The summed E-state index contributed by atoms with van der Waals surface area (Å²) in [5, 5.41) is 19.1. The molecule has 3 fully saturated rings. The zero-order valence-electron chi connectivity index (χ0n) is 24.4. The van der Waals surface area contributed by atoms with E-state index in [0.29, 0.717) is 42.0 Å². The predicted octanol–water partition coefficient (Wildman–Crippen LogP) is 4.68. The van der Waals surface area contributed by atoms with Gasteiger partial charge in [0.05, 0.1) is 41.4 Å². The van der Waals surface area contributed by atoms with Gasteiger partial charge in [-0.15, -0.1) is 0 Å². The van der Waals surface area contributed by atoms with Crippen molar-refractivity contribution in [1.29, 1.82) is 5.26 Å². The fourth-order valence-electron chi connectivity index (χ4n) is 5.91. The van der Waals surface area contributed by atoms with Gasteiger partial charge in [-0.05, 0) is 73.9 Å². The van der Waals surface area contributed by atoms with Crippen LogP contribution in [-0.4, -0.2) is 67.4 Å². The van der Waals surface area contributed by atoms with Crippen molar-refractivity contribution in [2.45, 2.75) is 69.9 Å². The van der Waals surface area contributed by atoms with Crippen molar-refractivity contribution in [2.24, 2.45) is 0 Å². The lowest BCUT2D eigenvalue weighted by Crippen LogP contribution is -2.39. The third kappa shape index (κ3) is 6.23. The molecule has 2 aromatic heterocycles. The molecule has 7 rings (SSSR count). The summed E-state index contributed by atoms with van der Waals surface area (Å²) in [5.74, 6) is 2.09. The van der Waals surface area contributed by atoms with Gasteiger partial charge in [-0.1, -0.05) is 6.07 Å². The van der Waals surface area contributed by atoms with E-state index in [4.69, 9.17) is 19.2 Å². The molecule has 1 saturated carbocycles. The minimum absolute atomic E-state index is 0.0235. The molecule has 0 radical (unpaired) electrons. The van der Waals surface area contributed by atoms with E-state index in [1.54, 1.807) is 30.5 Å². The van der Waals surface area contributed by atoms with Gasteiger partial charge in [0.25, 0.3) is 0 Å². The van der Waals surface area contributed by atoms with Crippen LogP contribution in [0.25, 0.3) is 11.0 Å². The van der Waals surface area contributed by atoms with E-state index in [1.807, 2.05) is 18.2 Å². The van der Waals surface area contributed by atoms with Gasteiger partial charge in [-0.25, -0.2) is 14.8 Å². The zero-order chi connectivity index (χ0) is 30.0. The molecule has 2 aliphatic heterocycles. The van der Waals surface area contributed by atoms with Gasteiger partial charge in [-0.3, -0.25) is 4.90 Å². The fraction of sp³-hybridized carbons (Fsp3) is 0.424. The number of rotatable bonds is 11. The van der Waals surface area contributed by atoms with Gasteiger partial charge in [0, 0.05) is 32.0 Å². The lowest BCUT2D eigenvalue weighted by molar-refractivity contribution is -0.0592. The van der Waals surface area contributed by atoms with Gasteiger partial charge in [-0.2, -0.15) is 10.2 Å². The van der Waals surface area contributed by atoms with Crippen molar-refractivity contribution in [3.63, 3.8) is 0 Å². The van der Waals surface area contributed by atoms with Gasteiger partial charge in [0.15, 0.2) is 5.82 Å². The number of nitrogens with zero attached hydrogens (tertiary/aromatic N) is 6. The highest BCUT2D eigenvalue weighted by Gasteiger charge is 2.27. The number of likely N-dealkylation sites (tertiary alicyclic amines) is 1. The molecular weight excluding hydrogens is 560 g/mol. The number of carboxylic acid groups (broad SMARTS) is 1. The molecule has 0 bridgehead atoms. The van der Waals surface area contributed by atoms with E-state index < -0.39 is 5.97 Å². The van der Waals surface area contributed by atoms with Gasteiger partial charge >= 0.3 is 5.97 Å². The Balaban J connectivity index is 0.955. The first-order valence-electron chi connectivity index (χ1n) is 15.2. The van der Waals surface area contributed by atoms with Crippen LogP contribution in [0, 0.1) is 11.3 Å². The first-order valence-corrected chi connectivity index (χ1v) is 15.2. The van der Waals surface area contributed by atoms with Crippen LogP contribution < -0.4 is 9.47 Å². The van der Waals surface area contributed by atoms with E-state index in [2.05, 4.69) is 25.5 Å². The molecule has 1 atom stereocenters. The number of aromatic carboxylic acids is 1. The summed E-state index contributed by atoms with van der Waals surface area (Å²) < 4.78 is 20.0. The van der Waals surface area contributed by atoms with Crippen LogP contribution in [-0.2, 0) is 24.4 Å². The Bertz CT molecular complexity index is 1720. The van der Waals surface area contributed by atoms with Crippen molar-refractivity contribution >= 4 is 17.0 Å². The van der Waals surface area contributed by atoms with Crippen molar-refractivity contribution < 1.29 is 24.1 Å². The summed E-state index contributed by atoms with van der Waals surface area (Å²) in [7, 11) is 0. The molecule has 226 valence electrons. The molecular formula is C33H34N6O5. The number of imidazole rings is 1. The Labute approximate surface area is 255 Å². The zero-order valence-corrected chi connectivity index (χ0v) is 24.4. The molecule has 4 aromatic rings. The van der Waals surface area contributed by atoms with Crippen LogP contribution in [0.4, 0.5) is 0 Å². The molecule has 2 saturated heterocycles. The summed E-state index contributed by atoms with van der Waals surface area (Å²) in [6, 6.07) is 14.9. The Morgan fingerprint density at radius 3 is 2.64 bits per heavy atom. The third-order valence-corrected chi connectivity index (χ3v) is 8.65. The van der Waals surface area contributed by atoms with Crippen molar-refractivity contribution in [3.8, 4) is 17.7 Å². The van der Waals surface area contributed by atoms with Crippen LogP contribution in [0.15, 0.2) is 48.7 Å². The van der Waals surface area contributed by atoms with Crippen LogP contribution in [0.5, 0.6) is 11.6 Å². The molecule has 0 amide bonds. The van der Waals surface area contributed by atoms with Crippen LogP contribution in [0.1, 0.15) is 71.2 Å². The normalized spacial score (nSPS) is 18.9. The number of carboxylic acids is 1. The highest BCUT2D eigenvalue weighted by Crippen LogP contribution is 2.41. The summed E-state index contributed by atoms with van der Waals surface area (Å²) in [5.41, 5.74) is 3.61. The van der Waals surface area contributed by atoms with Gasteiger partial charge in [0.2, 0.25) is 5.88 Å². The summed E-state index contributed by atoms with van der Waals surface area (Å²) in [6.07, 6.45) is 6.85. The predicted molar refractivity (Wildman–Crippen MR) is 159 cm³/mol. The molecule has 44 heavy (non-hydrogen) atoms. The van der Waals surface area contributed by atoms with E-state index in [9.17, 15) is 15.2 Å². The minimum atomic E-state index is -0.946. The maximum absolute atomic E-state index is 11.6. The quantitative estimate of drug-likeness (QED) is 0.261. The van der Waals surface area contributed by atoms with Crippen LogP contribution in [0.2, 0.25) is 0 Å². The molecule has 11 heteroatoms. The largest absolute Gasteiger partial charge is 0.484 e. The number of aromatic nitrogens is 4. The number of carbonyl (C=O) groups is 1. The number of nitriles is 1. The Morgan fingerprint density at radius 2 is 1.91 bits per heavy atom. The number of hydrogen-bond donors (Lipinski definition) is 1. The maximum Gasteiger partial charge on any atom is 0.335 e. The first kappa shape index (κ1) is 28.3. The van der Waals surface area contributed by atoms with Crippen LogP contribution in [0.3, 0.4) is 0 Å². The second-order valence-electron chi connectivity index (χ2n) is 11.8. The fourth-order valence-corrected chi connectivity index (χ4v) is 5.91. The highest BCUT2D eigenvalue weighted by atomic mass is 16.5. The number of fused-ring (bicyclic) bond motifs is 1. The molecule has 3 aliphatic rings. The van der Waals surface area contributed by atoms with Gasteiger partial charge in [0.1, 0.15) is 30.4 Å². The average molecular weight is 595 g/mol. The number of ether oxygens (including phenoxy) is 3. The lowest BCUT2D eigenvalue weighted by Gasteiger charge is -2.32. The Kier molecular flexibility index (Phi) is 7.85. The number of hydrogen-bond acceptors (Lipinski definition) is 9. The van der Waals surface area contributed by atoms with Gasteiger partial charge < -0.3 is 23.9 Å². The second kappa shape index (κ2) is 12.2. The highest BCUT2D eigenvalue weighted by molar-refractivity contribution is 5.92. The lowest BCUT2D eigenvalue weighted by atomic mass is 10.1. The number of piperidine rings is 1. The van der Waals surface area contributed by atoms with E-state index in [1.165, 1.54) is 18.4 Å². The topological polar surface area (TPSA) is 136 Å². The van der Waals surface area contributed by atoms with Crippen molar-refractivity contribution in [3.05, 3.63) is 77.0 Å². The molecule has 0 unspecified atom stereocenters. The standard InChI is InChI=1S/C33H34N6O5/c34-17-24-15-22(21-1-2-21)4-6-29(24)43-20-30-35-11-7-32(37-30)44-25-8-12-38(13-9-25)19-31-36-27-5-3-23(33(40)41)16-28(27)39(31)18-26-10-14-42-26/h3-7,11,15-16,21,25-26H,1-2,8-10,12-14,18-20H2,(H,40,41)/t26-/m0/s1. The monoisotopic (exact) mass is 594 g/mol. The average Bonchev–Trinajstić information content (AvgIpc) is 3.81. The Hall–Kier alpha value is -4.53. The minimum Gasteiger partial charge on any atom is -0.484 e. The molecule has 1 N–H and O–H groups in total. The first-order chi connectivity index (χ1) is 21.5. The molecule has 2 aromatic carbocycles. The van der Waals surface area contributed by atoms with E-state index in [-0.39, 0.29) is 24.4 Å². The third-order valence-electron chi connectivity index (χ3n) is 8.65. The van der Waals surface area contributed by atoms with E-state index in [0.717, 1.165) is 55.8 Å². The SMILES string of the molecule is N#Cc1cc(C2CC2)ccc1OCc1nccc(OC2CCN(Cc3nc4ccc(C(=O)O)cc4n3C[C@@H]3CCO3)CC2)n1. The second-order valence-corrected chi connectivity index (χ2v) is 11.8. The maximum atomic E-state index is 11.6. The molecule has 1 aliphatic carbocycles. The molecule has 0 spiro atoms. The molecule has 11 nitrogen and oxygen atoms in total. The summed E-state index contributed by atoms with van der Waals surface area (Å²) >= 11 is 0.